The first-order valence-corrected chi connectivity index (χ1v) is 10.2. The highest BCUT2D eigenvalue weighted by molar-refractivity contribution is 7.99. The molecule has 1 N–H and O–H groups in total. The summed E-state index contributed by atoms with van der Waals surface area (Å²) in [6, 6.07) is 20.4. The first kappa shape index (κ1) is 17.8. The van der Waals surface area contributed by atoms with Gasteiger partial charge in [0.05, 0.1) is 17.5 Å². The number of hydrogen-bond acceptors (Lipinski definition) is 3. The Bertz CT molecular complexity index is 1330. The summed E-state index contributed by atoms with van der Waals surface area (Å²) < 4.78 is 0. The molecule has 0 spiro atoms. The predicted octanol–water partition coefficient (Wildman–Crippen LogP) is 3.87. The first-order chi connectivity index (χ1) is 14.0. The van der Waals surface area contributed by atoms with Crippen LogP contribution in [0.3, 0.4) is 0 Å². The average Bonchev–Trinajstić information content (AvgIpc) is 3.12. The molecule has 1 aliphatic heterocycles. The first-order valence-electron chi connectivity index (χ1n) is 9.37. The molecule has 0 atom stereocenters. The minimum absolute atomic E-state index is 0.251. The lowest BCUT2D eigenvalue weighted by molar-refractivity contribution is -0.122. The lowest BCUT2D eigenvalue weighted by Gasteiger charge is -2.30. The Labute approximate surface area is 172 Å². The van der Waals surface area contributed by atoms with Crippen LogP contribution in [0, 0.1) is 0 Å². The summed E-state index contributed by atoms with van der Waals surface area (Å²) in [6.07, 6.45) is 0. The van der Waals surface area contributed by atoms with Crippen molar-refractivity contribution in [1.82, 2.24) is 14.8 Å². The fourth-order valence-corrected chi connectivity index (χ4v) is 4.90. The van der Waals surface area contributed by atoms with Gasteiger partial charge >= 0.3 is 6.03 Å². The van der Waals surface area contributed by atoms with Crippen molar-refractivity contribution in [3.8, 4) is 0 Å². The number of aromatic nitrogens is 1. The van der Waals surface area contributed by atoms with Crippen molar-refractivity contribution < 1.29 is 9.59 Å². The molecule has 1 fully saturated rings. The zero-order chi connectivity index (χ0) is 20.1. The number of carbonyl (C=O) groups excluding carboxylic acids is 2. The minimum Gasteiger partial charge on any atom is -0.354 e. The van der Waals surface area contributed by atoms with Crippen molar-refractivity contribution in [3.05, 3.63) is 66.0 Å². The standard InChI is InChI=1S/C23H19N3O2S/c1-25-13-17(22(27)26(2)23(25)28)21-16-10-6-9-15-19(12-11-18(24-21)20(15)16)29-14-7-4-3-5-8-14/h3-12,24H,13H2,1-2H3. The largest absolute Gasteiger partial charge is 0.354 e. The third kappa shape index (κ3) is 2.79. The molecule has 3 aromatic carbocycles. The molecule has 3 amide bonds. The van der Waals surface area contributed by atoms with Crippen LogP contribution in [0.4, 0.5) is 4.79 Å². The molecule has 1 saturated heterocycles. The van der Waals surface area contributed by atoms with Crippen molar-refractivity contribution >= 4 is 50.9 Å². The molecular weight excluding hydrogens is 382 g/mol. The third-order valence-corrected chi connectivity index (χ3v) is 6.46. The van der Waals surface area contributed by atoms with Crippen LogP contribution >= 0.6 is 11.8 Å². The summed E-state index contributed by atoms with van der Waals surface area (Å²) in [5.74, 6) is -0.251. The summed E-state index contributed by atoms with van der Waals surface area (Å²) >= 11 is 1.73. The lowest BCUT2D eigenvalue weighted by Crippen LogP contribution is -2.51. The second-order valence-electron chi connectivity index (χ2n) is 7.24. The third-order valence-electron chi connectivity index (χ3n) is 5.37. The van der Waals surface area contributed by atoms with E-state index < -0.39 is 0 Å². The molecular formula is C23H19N3O2S. The molecule has 29 heavy (non-hydrogen) atoms. The van der Waals surface area contributed by atoms with Gasteiger partial charge in [-0.3, -0.25) is 9.69 Å². The number of carbonyl (C=O) groups is 2. The van der Waals surface area contributed by atoms with Gasteiger partial charge in [-0.25, -0.2) is 4.79 Å². The van der Waals surface area contributed by atoms with Crippen LogP contribution < -0.4 is 5.35 Å². The van der Waals surface area contributed by atoms with Gasteiger partial charge in [0.15, 0.2) is 0 Å². The van der Waals surface area contributed by atoms with E-state index in [1.54, 1.807) is 23.7 Å². The van der Waals surface area contributed by atoms with Gasteiger partial charge < -0.3 is 9.88 Å². The monoisotopic (exact) mass is 401 g/mol. The van der Waals surface area contributed by atoms with E-state index in [-0.39, 0.29) is 11.9 Å². The molecule has 5 rings (SSSR count). The number of nitrogens with one attached hydrogen (secondary N) is 1. The van der Waals surface area contributed by atoms with Crippen molar-refractivity contribution in [1.29, 1.82) is 0 Å². The molecule has 4 aromatic rings. The summed E-state index contributed by atoms with van der Waals surface area (Å²) in [5, 5.41) is 4.07. The highest BCUT2D eigenvalue weighted by atomic mass is 32.2. The molecule has 0 aliphatic carbocycles. The Kier molecular flexibility index (Phi) is 4.10. The minimum atomic E-state index is -0.283. The average molecular weight is 401 g/mol. The molecule has 6 heteroatoms. The molecule has 0 saturated carbocycles. The Hall–Kier alpha value is -3.25. The van der Waals surface area contributed by atoms with E-state index in [9.17, 15) is 9.59 Å². The van der Waals surface area contributed by atoms with E-state index in [0.717, 1.165) is 27.0 Å². The maximum Gasteiger partial charge on any atom is 0.326 e. The number of nitrogens with zero attached hydrogens (tertiary/aromatic N) is 2. The Morgan fingerprint density at radius 1 is 0.897 bits per heavy atom. The van der Waals surface area contributed by atoms with Crippen LogP contribution in [-0.4, -0.2) is 47.4 Å². The number of amides is 3. The Balaban J connectivity index is 1.74. The number of aromatic amines is 1. The van der Waals surface area contributed by atoms with Crippen molar-refractivity contribution in [3.63, 3.8) is 0 Å². The highest BCUT2D eigenvalue weighted by Crippen LogP contribution is 2.36. The quantitative estimate of drug-likeness (QED) is 0.555. The van der Waals surface area contributed by atoms with Crippen LogP contribution in [0.15, 0.2) is 70.5 Å². The van der Waals surface area contributed by atoms with Crippen molar-refractivity contribution in [2.45, 2.75) is 9.79 Å². The molecule has 0 radical (unpaired) electrons. The molecule has 0 unspecified atom stereocenters. The molecule has 5 nitrogen and oxygen atoms in total. The maximum atomic E-state index is 12.8. The van der Waals surface area contributed by atoms with E-state index in [1.165, 1.54) is 21.7 Å². The number of imide groups is 1. The Morgan fingerprint density at radius 3 is 2.45 bits per heavy atom. The Morgan fingerprint density at radius 2 is 1.66 bits per heavy atom. The van der Waals surface area contributed by atoms with Gasteiger partial charge in [-0.2, -0.15) is 0 Å². The second-order valence-corrected chi connectivity index (χ2v) is 8.35. The normalized spacial score (nSPS) is 17.0. The van der Waals surface area contributed by atoms with Crippen LogP contribution in [0.2, 0.25) is 0 Å². The summed E-state index contributed by atoms with van der Waals surface area (Å²) in [5.41, 5.74) is 1.60. The summed E-state index contributed by atoms with van der Waals surface area (Å²) in [4.78, 5) is 33.5. The van der Waals surface area contributed by atoms with E-state index in [0.29, 0.717) is 12.1 Å². The zero-order valence-corrected chi connectivity index (χ0v) is 16.9. The highest BCUT2D eigenvalue weighted by Gasteiger charge is 2.32. The van der Waals surface area contributed by atoms with Gasteiger partial charge in [-0.05, 0) is 29.7 Å². The van der Waals surface area contributed by atoms with E-state index in [2.05, 4.69) is 35.3 Å². The number of urea groups is 1. The van der Waals surface area contributed by atoms with Crippen LogP contribution in [0.5, 0.6) is 0 Å². The fraction of sp³-hybridized carbons (Fsp3) is 0.130. The maximum absolute atomic E-state index is 12.8. The van der Waals surface area contributed by atoms with E-state index in [4.69, 9.17) is 0 Å². The van der Waals surface area contributed by atoms with Gasteiger partial charge in [0.1, 0.15) is 0 Å². The number of hydrogen-bond donors (Lipinski definition) is 1. The molecule has 144 valence electrons. The lowest BCUT2D eigenvalue weighted by atomic mass is 10.1. The molecule has 1 aromatic heterocycles. The van der Waals surface area contributed by atoms with Gasteiger partial charge in [-0.1, -0.05) is 48.2 Å². The SMILES string of the molecule is CN1CC(=c2[nH]c3ccc(Sc4ccccc4)c4cccc2c34)C(=O)N(C)C1=O. The van der Waals surface area contributed by atoms with Gasteiger partial charge in [0.25, 0.3) is 5.91 Å². The van der Waals surface area contributed by atoms with Gasteiger partial charge in [0, 0.05) is 40.2 Å². The number of benzene rings is 3. The fourth-order valence-electron chi connectivity index (χ4n) is 3.94. The van der Waals surface area contributed by atoms with E-state index >= 15 is 0 Å². The van der Waals surface area contributed by atoms with Gasteiger partial charge in [-0.15, -0.1) is 0 Å². The predicted molar refractivity (Wildman–Crippen MR) is 116 cm³/mol. The van der Waals surface area contributed by atoms with Crippen LogP contribution in [0.1, 0.15) is 0 Å². The number of rotatable bonds is 2. The van der Waals surface area contributed by atoms with Crippen molar-refractivity contribution in [2.24, 2.45) is 0 Å². The summed E-state index contributed by atoms with van der Waals surface area (Å²) in [6.45, 7) is 0.292. The molecule has 2 heterocycles. The number of H-pyrrole nitrogens is 1. The second kappa shape index (κ2) is 6.67. The van der Waals surface area contributed by atoms with Gasteiger partial charge in [0.2, 0.25) is 0 Å². The molecule has 1 aliphatic rings. The van der Waals surface area contributed by atoms with Crippen molar-refractivity contribution in [2.75, 3.05) is 20.6 Å². The zero-order valence-electron chi connectivity index (χ0n) is 16.1. The van der Waals surface area contributed by atoms with Crippen LogP contribution in [-0.2, 0) is 4.79 Å². The summed E-state index contributed by atoms with van der Waals surface area (Å²) in [7, 11) is 3.24. The molecule has 0 bridgehead atoms. The van der Waals surface area contributed by atoms with Crippen LogP contribution in [0.25, 0.3) is 27.2 Å². The topological polar surface area (TPSA) is 56.4 Å². The van der Waals surface area contributed by atoms with E-state index in [1.807, 2.05) is 30.3 Å². The smallest absolute Gasteiger partial charge is 0.326 e.